The molecule has 0 amide bonds. The summed E-state index contributed by atoms with van der Waals surface area (Å²) >= 11 is 0. The van der Waals surface area contributed by atoms with Crippen molar-refractivity contribution in [3.8, 4) is 0 Å². The molecule has 0 radical (unpaired) electrons. The molecule has 402 valence electrons. The first-order chi connectivity index (χ1) is 37.1. The van der Waals surface area contributed by atoms with Crippen molar-refractivity contribution in [1.82, 2.24) is 29.8 Å². The number of aromatic amines is 1. The number of carbonyl (C=O) groups is 2. The molecule has 4 saturated heterocycles. The Bertz CT molecular complexity index is 2650. The molecule has 10 nitrogen and oxygen atoms in total. The second-order valence-electron chi connectivity index (χ2n) is 22.5. The Morgan fingerprint density at radius 1 is 0.500 bits per heavy atom. The summed E-state index contributed by atoms with van der Waals surface area (Å²) in [6, 6.07) is 43.8. The van der Waals surface area contributed by atoms with E-state index in [0.717, 1.165) is 69.8 Å². The minimum absolute atomic E-state index is 0.0372. The first kappa shape index (κ1) is 56.3. The fourth-order valence-electron chi connectivity index (χ4n) is 11.4. The molecule has 11 rings (SSSR count). The van der Waals surface area contributed by atoms with Gasteiger partial charge in [-0.05, 0) is 196 Å². The minimum Gasteiger partial charge on any atom is -0.306 e. The number of rotatable bonds is 14. The second kappa shape index (κ2) is 29.6. The molecule has 10 heteroatoms. The highest BCUT2D eigenvalue weighted by Gasteiger charge is 2.27. The third-order valence-corrected chi connectivity index (χ3v) is 16.3. The molecule has 4 aromatic carbocycles. The highest BCUT2D eigenvalue weighted by molar-refractivity contribution is 6.01. The van der Waals surface area contributed by atoms with Gasteiger partial charge in [0.05, 0.1) is 25.2 Å². The maximum atomic E-state index is 12.1. The maximum Gasteiger partial charge on any atom is 0.144 e. The number of carbonyl (C=O) groups excluding carboxylic acids is 2. The zero-order valence-corrected chi connectivity index (χ0v) is 46.3. The standard InChI is InChI=1S/2C17H22N2.C16H21N3.C16H21NO2/c1-19-9-7-16(8-10-19)17-12-15(13-18-17)11-14-5-3-2-4-6-14;1-19-9-7-15(8-10-19)16-12-17(18-13-16)11-14-5-3-2-4-6-14;1-19-9-7-14(8-10-19)16-12-15(17-18-16)11-13-5-3-2-4-6-13;1-17-9-7-14(8-10-17)16(19)12-15(18)11-13-5-3-2-4-6-13/h2-6,12,16H,7-11,13H2,1H3;2-6,12,15H,7-11,13H2,1H3;2-6,12,14H,7-11H2,1H3,(H,17,18);2-6,14H,7-12H2,1H3. The third-order valence-electron chi connectivity index (χ3n) is 16.3. The van der Waals surface area contributed by atoms with E-state index in [4.69, 9.17) is 9.98 Å². The van der Waals surface area contributed by atoms with Crippen molar-refractivity contribution in [3.05, 3.63) is 184 Å². The van der Waals surface area contributed by atoms with Crippen molar-refractivity contribution in [2.24, 2.45) is 27.7 Å². The van der Waals surface area contributed by atoms with E-state index in [1.165, 1.54) is 123 Å². The van der Waals surface area contributed by atoms with Crippen LogP contribution in [0.5, 0.6) is 0 Å². The van der Waals surface area contributed by atoms with Crippen molar-refractivity contribution >= 4 is 23.0 Å². The van der Waals surface area contributed by atoms with E-state index in [2.05, 4.69) is 167 Å². The minimum atomic E-state index is 0.0372. The summed E-state index contributed by atoms with van der Waals surface area (Å²) in [5, 5.41) is 7.72. The molecule has 4 fully saturated rings. The van der Waals surface area contributed by atoms with E-state index in [-0.39, 0.29) is 23.9 Å². The summed E-state index contributed by atoms with van der Waals surface area (Å²) < 4.78 is 0. The van der Waals surface area contributed by atoms with Crippen LogP contribution >= 0.6 is 0 Å². The van der Waals surface area contributed by atoms with Gasteiger partial charge in [0.15, 0.2) is 0 Å². The number of ketones is 2. The molecule has 0 aliphatic carbocycles. The molecule has 6 aliphatic rings. The van der Waals surface area contributed by atoms with E-state index < -0.39 is 0 Å². The highest BCUT2D eigenvalue weighted by Crippen LogP contribution is 2.29. The third kappa shape index (κ3) is 18.4. The topological polar surface area (TPSA) is 101 Å². The molecule has 0 bridgehead atoms. The molecule has 0 saturated carbocycles. The number of aliphatic imine (C=N–C) groups is 2. The molecule has 1 N–H and O–H groups in total. The highest BCUT2D eigenvalue weighted by atomic mass is 16.1. The molecular weight excluding hydrogens is 937 g/mol. The van der Waals surface area contributed by atoms with E-state index in [1.807, 2.05) is 30.3 Å². The van der Waals surface area contributed by atoms with Crippen molar-refractivity contribution in [3.63, 3.8) is 0 Å². The van der Waals surface area contributed by atoms with Gasteiger partial charge in [-0.1, -0.05) is 121 Å². The SMILES string of the molecule is CN1CCC(C(=O)CC(=O)Cc2ccccc2)CC1.CN1CCC(C2=CC(Cc3ccccc3)=NC2)CC1.CN1CCC(C2=NCC(Cc3ccccc3)=C2)CC1.CN1CCC(c2cc(Cc3ccccc3)[nH]n2)CC1. The van der Waals surface area contributed by atoms with Crippen LogP contribution in [0.2, 0.25) is 0 Å². The maximum absolute atomic E-state index is 12.1. The van der Waals surface area contributed by atoms with Crippen molar-refractivity contribution in [2.45, 2.75) is 89.4 Å². The number of hydrogen-bond acceptors (Lipinski definition) is 9. The lowest BCUT2D eigenvalue weighted by molar-refractivity contribution is -0.129. The Kier molecular flexibility index (Phi) is 21.9. The van der Waals surface area contributed by atoms with Crippen LogP contribution in [0.4, 0.5) is 0 Å². The Hall–Kier alpha value is -5.91. The Labute approximate surface area is 455 Å². The van der Waals surface area contributed by atoms with Gasteiger partial charge in [-0.25, -0.2) is 0 Å². The molecule has 1 aromatic heterocycles. The van der Waals surface area contributed by atoms with Gasteiger partial charge in [0.2, 0.25) is 0 Å². The fourth-order valence-corrected chi connectivity index (χ4v) is 11.4. The average Bonchev–Trinajstić information content (AvgIpc) is 4.24. The number of nitrogens with one attached hydrogen (secondary N) is 1. The summed E-state index contributed by atoms with van der Waals surface area (Å²) in [6.07, 6.45) is 17.6. The van der Waals surface area contributed by atoms with Gasteiger partial charge in [-0.2, -0.15) is 5.10 Å². The van der Waals surface area contributed by atoms with Gasteiger partial charge < -0.3 is 19.6 Å². The lowest BCUT2D eigenvalue weighted by Gasteiger charge is -2.29. The number of allylic oxidation sites excluding steroid dienone is 2. The molecule has 0 unspecified atom stereocenters. The first-order valence-corrected chi connectivity index (χ1v) is 28.5. The van der Waals surface area contributed by atoms with Gasteiger partial charge in [-0.15, -0.1) is 0 Å². The van der Waals surface area contributed by atoms with Crippen LogP contribution in [0.1, 0.15) is 97.3 Å². The van der Waals surface area contributed by atoms with Crippen LogP contribution in [0.15, 0.2) is 161 Å². The van der Waals surface area contributed by atoms with E-state index in [1.54, 1.807) is 5.57 Å². The van der Waals surface area contributed by atoms with Crippen molar-refractivity contribution < 1.29 is 9.59 Å². The fraction of sp³-hybridized carbons (Fsp3) is 0.470. The molecular formula is C66H86N8O2. The summed E-state index contributed by atoms with van der Waals surface area (Å²) in [7, 11) is 8.70. The zero-order chi connectivity index (χ0) is 52.9. The van der Waals surface area contributed by atoms with Crippen molar-refractivity contribution in [2.75, 3.05) is 93.6 Å². The predicted octanol–water partition coefficient (Wildman–Crippen LogP) is 10.8. The summed E-state index contributed by atoms with van der Waals surface area (Å²) in [4.78, 5) is 42.9. The van der Waals surface area contributed by atoms with Gasteiger partial charge in [0.1, 0.15) is 11.6 Å². The largest absolute Gasteiger partial charge is 0.306 e. The van der Waals surface area contributed by atoms with Crippen LogP contribution in [0.3, 0.4) is 0 Å². The number of piperidine rings is 4. The van der Waals surface area contributed by atoms with Crippen molar-refractivity contribution in [1.29, 1.82) is 0 Å². The van der Waals surface area contributed by atoms with Gasteiger partial charge in [0.25, 0.3) is 0 Å². The predicted molar refractivity (Wildman–Crippen MR) is 314 cm³/mol. The lowest BCUT2D eigenvalue weighted by atomic mass is 9.89. The molecule has 76 heavy (non-hydrogen) atoms. The number of Topliss-reactive ketones (excluding diaryl/α,β-unsaturated/α-hetero) is 2. The van der Waals surface area contributed by atoms with Crippen LogP contribution in [-0.4, -0.2) is 146 Å². The molecule has 0 atom stereocenters. The number of likely N-dealkylation sites (tertiary alicyclic amines) is 4. The number of H-pyrrole nitrogens is 1. The summed E-state index contributed by atoms with van der Waals surface area (Å²) in [5.74, 6) is 2.37. The molecule has 5 aromatic rings. The van der Waals surface area contributed by atoms with Crippen LogP contribution < -0.4 is 0 Å². The van der Waals surface area contributed by atoms with E-state index >= 15 is 0 Å². The summed E-state index contributed by atoms with van der Waals surface area (Å²) in [5.41, 5.74) is 13.2. The Morgan fingerprint density at radius 3 is 1.50 bits per heavy atom. The number of nitrogens with zero attached hydrogens (tertiary/aromatic N) is 7. The lowest BCUT2D eigenvalue weighted by Crippen LogP contribution is -2.34. The molecule has 7 heterocycles. The quantitative estimate of drug-likeness (QED) is 0.111. The Morgan fingerprint density at radius 2 is 0.961 bits per heavy atom. The summed E-state index contributed by atoms with van der Waals surface area (Å²) in [6.45, 7) is 11.0. The average molecular weight is 1020 g/mol. The molecule has 6 aliphatic heterocycles. The first-order valence-electron chi connectivity index (χ1n) is 28.5. The smallest absolute Gasteiger partial charge is 0.144 e. The zero-order valence-electron chi connectivity index (χ0n) is 46.3. The van der Waals surface area contributed by atoms with Crippen LogP contribution in [0.25, 0.3) is 0 Å². The number of aromatic nitrogens is 2. The number of benzene rings is 4. The normalized spacial score (nSPS) is 19.4. The van der Waals surface area contributed by atoms with Crippen LogP contribution in [0, 0.1) is 17.8 Å². The number of hydrogen-bond donors (Lipinski definition) is 1. The van der Waals surface area contributed by atoms with E-state index in [0.29, 0.717) is 18.3 Å². The second-order valence-corrected chi connectivity index (χ2v) is 22.5. The molecule has 0 spiro atoms. The van der Waals surface area contributed by atoms with Gasteiger partial charge in [-0.3, -0.25) is 24.7 Å². The van der Waals surface area contributed by atoms with Crippen LogP contribution in [-0.2, 0) is 35.3 Å². The monoisotopic (exact) mass is 1020 g/mol. The van der Waals surface area contributed by atoms with Gasteiger partial charge in [0, 0.05) is 54.1 Å². The van der Waals surface area contributed by atoms with E-state index in [9.17, 15) is 9.59 Å². The van der Waals surface area contributed by atoms with Gasteiger partial charge >= 0.3 is 0 Å². The Balaban J connectivity index is 0.000000134.